The molecule has 0 aromatic heterocycles. The van der Waals surface area contributed by atoms with Gasteiger partial charge in [-0.3, -0.25) is 9.59 Å². The second-order valence-corrected chi connectivity index (χ2v) is 5.64. The van der Waals surface area contributed by atoms with Crippen LogP contribution in [0, 0.1) is 0 Å². The lowest BCUT2D eigenvalue weighted by Crippen LogP contribution is -2.43. The fourth-order valence-electron chi connectivity index (χ4n) is 2.45. The Balaban J connectivity index is 1.85. The molecule has 2 rings (SSSR count). The lowest BCUT2D eigenvalue weighted by molar-refractivity contribution is -0.131. The Kier molecular flexibility index (Phi) is 6.21. The second kappa shape index (κ2) is 8.15. The van der Waals surface area contributed by atoms with Crippen molar-refractivity contribution in [2.24, 2.45) is 0 Å². The Labute approximate surface area is 135 Å². The molecule has 0 radical (unpaired) electrons. The summed E-state index contributed by atoms with van der Waals surface area (Å²) in [5.41, 5.74) is 0.374. The second-order valence-electron chi connectivity index (χ2n) is 5.23. The summed E-state index contributed by atoms with van der Waals surface area (Å²) in [6.45, 7) is 3.82. The number of benzene rings is 1. The van der Waals surface area contributed by atoms with Gasteiger partial charge in [0.05, 0.1) is 23.2 Å². The minimum Gasteiger partial charge on any atom is -0.376 e. The van der Waals surface area contributed by atoms with E-state index in [-0.39, 0.29) is 24.5 Å². The van der Waals surface area contributed by atoms with Gasteiger partial charge in [0.25, 0.3) is 5.91 Å². The van der Waals surface area contributed by atoms with Gasteiger partial charge in [-0.1, -0.05) is 23.7 Å². The van der Waals surface area contributed by atoms with Gasteiger partial charge < -0.3 is 15.0 Å². The van der Waals surface area contributed by atoms with Gasteiger partial charge >= 0.3 is 0 Å². The average molecular weight is 325 g/mol. The molecular formula is C16H21ClN2O3. The molecule has 1 heterocycles. The number of carbonyl (C=O) groups excluding carboxylic acids is 2. The third kappa shape index (κ3) is 4.45. The van der Waals surface area contributed by atoms with Gasteiger partial charge in [-0.05, 0) is 31.9 Å². The quantitative estimate of drug-likeness (QED) is 0.871. The van der Waals surface area contributed by atoms with Crippen LogP contribution in [0.5, 0.6) is 0 Å². The molecule has 1 atom stereocenters. The molecule has 0 spiro atoms. The van der Waals surface area contributed by atoms with Crippen molar-refractivity contribution in [1.29, 1.82) is 0 Å². The molecule has 0 aliphatic carbocycles. The Morgan fingerprint density at radius 3 is 2.82 bits per heavy atom. The van der Waals surface area contributed by atoms with Gasteiger partial charge in [0.1, 0.15) is 0 Å². The topological polar surface area (TPSA) is 58.6 Å². The summed E-state index contributed by atoms with van der Waals surface area (Å²) in [6.07, 6.45) is 2.14. The predicted octanol–water partition coefficient (Wildman–Crippen LogP) is 2.10. The smallest absolute Gasteiger partial charge is 0.253 e. The molecule has 2 amide bonds. The normalized spacial score (nSPS) is 17.3. The van der Waals surface area contributed by atoms with Crippen molar-refractivity contribution in [2.75, 3.05) is 26.2 Å². The van der Waals surface area contributed by atoms with Crippen molar-refractivity contribution in [3.05, 3.63) is 34.9 Å². The van der Waals surface area contributed by atoms with E-state index in [9.17, 15) is 9.59 Å². The first-order valence-corrected chi connectivity index (χ1v) is 7.91. The van der Waals surface area contributed by atoms with Crippen molar-refractivity contribution < 1.29 is 14.3 Å². The van der Waals surface area contributed by atoms with Crippen molar-refractivity contribution in [2.45, 2.75) is 25.9 Å². The highest BCUT2D eigenvalue weighted by Gasteiger charge is 2.22. The van der Waals surface area contributed by atoms with Crippen LogP contribution < -0.4 is 5.32 Å². The minimum atomic E-state index is -0.341. The largest absolute Gasteiger partial charge is 0.376 e. The van der Waals surface area contributed by atoms with Gasteiger partial charge in [-0.25, -0.2) is 0 Å². The standard InChI is InChI=1S/C16H21ClN2O3/c1-2-19(11-12-6-5-9-22-12)15(20)10-18-16(21)13-7-3-4-8-14(13)17/h3-4,7-8,12H,2,5-6,9-11H2,1H3,(H,18,21). The Morgan fingerprint density at radius 2 is 2.18 bits per heavy atom. The summed E-state index contributed by atoms with van der Waals surface area (Å²) < 4.78 is 5.55. The SMILES string of the molecule is CCN(CC1CCCO1)C(=O)CNC(=O)c1ccccc1Cl. The summed E-state index contributed by atoms with van der Waals surface area (Å²) in [5.74, 6) is -0.453. The van der Waals surface area contributed by atoms with Crippen LogP contribution in [0.4, 0.5) is 0 Å². The molecule has 0 saturated carbocycles. The zero-order valence-corrected chi connectivity index (χ0v) is 13.4. The molecule has 1 N–H and O–H groups in total. The third-order valence-electron chi connectivity index (χ3n) is 3.70. The number of amides is 2. The molecule has 22 heavy (non-hydrogen) atoms. The molecule has 1 aromatic rings. The van der Waals surface area contributed by atoms with Crippen LogP contribution in [-0.2, 0) is 9.53 Å². The number of nitrogens with one attached hydrogen (secondary N) is 1. The number of ether oxygens (including phenoxy) is 1. The highest BCUT2D eigenvalue weighted by atomic mass is 35.5. The molecule has 1 aliphatic rings. The van der Waals surface area contributed by atoms with E-state index in [4.69, 9.17) is 16.3 Å². The van der Waals surface area contributed by atoms with E-state index < -0.39 is 0 Å². The number of rotatable bonds is 6. The Bertz CT molecular complexity index is 530. The number of nitrogens with zero attached hydrogens (tertiary/aromatic N) is 1. The fourth-order valence-corrected chi connectivity index (χ4v) is 2.67. The lowest BCUT2D eigenvalue weighted by Gasteiger charge is -2.24. The monoisotopic (exact) mass is 324 g/mol. The van der Waals surface area contributed by atoms with E-state index in [2.05, 4.69) is 5.32 Å². The number of halogens is 1. The van der Waals surface area contributed by atoms with Gasteiger partial charge in [0, 0.05) is 19.7 Å². The lowest BCUT2D eigenvalue weighted by atomic mass is 10.2. The van der Waals surface area contributed by atoms with E-state index in [1.54, 1.807) is 29.2 Å². The van der Waals surface area contributed by atoms with E-state index in [1.807, 2.05) is 6.92 Å². The summed E-state index contributed by atoms with van der Waals surface area (Å²) in [7, 11) is 0. The molecule has 120 valence electrons. The molecule has 5 nitrogen and oxygen atoms in total. The Hall–Kier alpha value is -1.59. The highest BCUT2D eigenvalue weighted by Crippen LogP contribution is 2.15. The van der Waals surface area contributed by atoms with Crippen LogP contribution in [0.2, 0.25) is 5.02 Å². The van der Waals surface area contributed by atoms with Crippen molar-refractivity contribution in [3.63, 3.8) is 0 Å². The first-order valence-electron chi connectivity index (χ1n) is 7.54. The van der Waals surface area contributed by atoms with E-state index >= 15 is 0 Å². The Morgan fingerprint density at radius 1 is 1.41 bits per heavy atom. The number of hydrogen-bond donors (Lipinski definition) is 1. The molecule has 6 heteroatoms. The van der Waals surface area contributed by atoms with Crippen LogP contribution in [0.1, 0.15) is 30.1 Å². The first kappa shape index (κ1) is 16.8. The van der Waals surface area contributed by atoms with Crippen LogP contribution >= 0.6 is 11.6 Å². The highest BCUT2D eigenvalue weighted by molar-refractivity contribution is 6.33. The van der Waals surface area contributed by atoms with Gasteiger partial charge in [-0.2, -0.15) is 0 Å². The average Bonchev–Trinajstić information content (AvgIpc) is 3.03. The number of hydrogen-bond acceptors (Lipinski definition) is 3. The maximum absolute atomic E-state index is 12.2. The molecule has 0 bridgehead atoms. The zero-order valence-electron chi connectivity index (χ0n) is 12.7. The van der Waals surface area contributed by atoms with Gasteiger partial charge in [-0.15, -0.1) is 0 Å². The molecule has 1 saturated heterocycles. The van der Waals surface area contributed by atoms with Crippen LogP contribution in [0.15, 0.2) is 24.3 Å². The van der Waals surface area contributed by atoms with Crippen molar-refractivity contribution >= 4 is 23.4 Å². The third-order valence-corrected chi connectivity index (χ3v) is 4.03. The zero-order chi connectivity index (χ0) is 15.9. The maximum Gasteiger partial charge on any atom is 0.253 e. The predicted molar refractivity (Wildman–Crippen MR) is 85.0 cm³/mol. The summed E-state index contributed by atoms with van der Waals surface area (Å²) in [6, 6.07) is 6.77. The van der Waals surface area contributed by atoms with Crippen LogP contribution in [0.3, 0.4) is 0 Å². The van der Waals surface area contributed by atoms with Crippen molar-refractivity contribution in [3.8, 4) is 0 Å². The van der Waals surface area contributed by atoms with Gasteiger partial charge in [0.15, 0.2) is 0 Å². The molecule has 1 fully saturated rings. The molecule has 1 aromatic carbocycles. The number of likely N-dealkylation sites (N-methyl/N-ethyl adjacent to an activating group) is 1. The summed E-state index contributed by atoms with van der Waals surface area (Å²) in [4.78, 5) is 26.0. The van der Waals surface area contributed by atoms with E-state index in [0.717, 1.165) is 19.4 Å². The molecule has 1 aliphatic heterocycles. The van der Waals surface area contributed by atoms with Crippen molar-refractivity contribution in [1.82, 2.24) is 10.2 Å². The minimum absolute atomic E-state index is 0.0371. The van der Waals surface area contributed by atoms with Crippen LogP contribution in [-0.4, -0.2) is 49.1 Å². The van der Waals surface area contributed by atoms with Crippen LogP contribution in [0.25, 0.3) is 0 Å². The summed E-state index contributed by atoms with van der Waals surface area (Å²) in [5, 5.41) is 3.00. The fraction of sp³-hybridized carbons (Fsp3) is 0.500. The summed E-state index contributed by atoms with van der Waals surface area (Å²) >= 11 is 5.96. The van der Waals surface area contributed by atoms with E-state index in [1.165, 1.54) is 0 Å². The maximum atomic E-state index is 12.2. The van der Waals surface area contributed by atoms with Gasteiger partial charge in [0.2, 0.25) is 5.91 Å². The first-order chi connectivity index (χ1) is 10.6. The van der Waals surface area contributed by atoms with E-state index in [0.29, 0.717) is 23.7 Å². The molecule has 1 unspecified atom stereocenters. The number of carbonyl (C=O) groups is 2. The molecular weight excluding hydrogens is 304 g/mol.